The molecule has 0 radical (unpaired) electrons. The first-order valence-electron chi connectivity index (χ1n) is 6.56. The summed E-state index contributed by atoms with van der Waals surface area (Å²) in [6.45, 7) is 3.80. The van der Waals surface area contributed by atoms with Crippen LogP contribution in [-0.2, 0) is 6.18 Å². The Morgan fingerprint density at radius 3 is 2.24 bits per heavy atom. The maximum absolute atomic E-state index is 13.2. The Labute approximate surface area is 120 Å². The minimum atomic E-state index is -4.71. The third-order valence-electron chi connectivity index (χ3n) is 3.50. The maximum atomic E-state index is 13.2. The van der Waals surface area contributed by atoms with Gasteiger partial charge in [-0.2, -0.15) is 13.2 Å². The Morgan fingerprint density at radius 2 is 1.76 bits per heavy atom. The van der Waals surface area contributed by atoms with Crippen molar-refractivity contribution in [2.45, 2.75) is 38.4 Å². The largest absolute Gasteiger partial charge is 0.416 e. The van der Waals surface area contributed by atoms with E-state index in [1.165, 1.54) is 0 Å². The van der Waals surface area contributed by atoms with E-state index in [0.717, 1.165) is 6.07 Å². The summed E-state index contributed by atoms with van der Waals surface area (Å²) in [7, 11) is 0. The number of hydrogen-bond donors (Lipinski definition) is 2. The summed E-state index contributed by atoms with van der Waals surface area (Å²) in [6.07, 6.45) is -3.51. The SMILES string of the molecule is CCC(N)(CC)CNC(=O)c1cc(F)cc(C(F)(F)F)c1. The lowest BCUT2D eigenvalue weighted by atomic mass is 9.94. The van der Waals surface area contributed by atoms with Crippen LogP contribution in [0.15, 0.2) is 18.2 Å². The number of carbonyl (C=O) groups is 1. The lowest BCUT2D eigenvalue weighted by Crippen LogP contribution is -2.49. The first-order valence-corrected chi connectivity index (χ1v) is 6.56. The molecule has 3 N–H and O–H groups in total. The fraction of sp³-hybridized carbons (Fsp3) is 0.500. The third kappa shape index (κ3) is 4.70. The van der Waals surface area contributed by atoms with E-state index >= 15 is 0 Å². The molecule has 1 aromatic carbocycles. The molecule has 7 heteroatoms. The van der Waals surface area contributed by atoms with Crippen LogP contribution in [0.4, 0.5) is 17.6 Å². The number of halogens is 4. The van der Waals surface area contributed by atoms with Gasteiger partial charge in [-0.3, -0.25) is 4.79 Å². The van der Waals surface area contributed by atoms with E-state index in [0.29, 0.717) is 25.0 Å². The molecular formula is C14H18F4N2O. The Balaban J connectivity index is 2.91. The van der Waals surface area contributed by atoms with Crippen LogP contribution in [0, 0.1) is 5.82 Å². The first kappa shape index (κ1) is 17.4. The summed E-state index contributed by atoms with van der Waals surface area (Å²) < 4.78 is 51.0. The minimum Gasteiger partial charge on any atom is -0.350 e. The van der Waals surface area contributed by atoms with Gasteiger partial charge in [0.25, 0.3) is 5.91 Å². The molecule has 0 aromatic heterocycles. The van der Waals surface area contributed by atoms with Crippen molar-refractivity contribution in [2.24, 2.45) is 5.73 Å². The van der Waals surface area contributed by atoms with Gasteiger partial charge in [-0.05, 0) is 31.0 Å². The maximum Gasteiger partial charge on any atom is 0.416 e. The first-order chi connectivity index (χ1) is 9.61. The van der Waals surface area contributed by atoms with Gasteiger partial charge in [0.1, 0.15) is 5.82 Å². The van der Waals surface area contributed by atoms with Gasteiger partial charge < -0.3 is 11.1 Å². The van der Waals surface area contributed by atoms with Crippen LogP contribution in [0.25, 0.3) is 0 Å². The number of hydrogen-bond acceptors (Lipinski definition) is 2. The van der Waals surface area contributed by atoms with Gasteiger partial charge in [-0.1, -0.05) is 13.8 Å². The average Bonchev–Trinajstić information content (AvgIpc) is 2.42. The van der Waals surface area contributed by atoms with Crippen molar-refractivity contribution >= 4 is 5.91 Å². The standard InChI is InChI=1S/C14H18F4N2O/c1-3-13(19,4-2)8-20-12(21)9-5-10(14(16,17)18)7-11(15)6-9/h5-7H,3-4,8,19H2,1-2H3,(H,20,21). The molecule has 0 heterocycles. The van der Waals surface area contributed by atoms with E-state index < -0.39 is 29.0 Å². The van der Waals surface area contributed by atoms with E-state index in [1.807, 2.05) is 13.8 Å². The van der Waals surface area contributed by atoms with Gasteiger partial charge in [0.15, 0.2) is 0 Å². The summed E-state index contributed by atoms with van der Waals surface area (Å²) in [5.41, 5.74) is 3.78. The van der Waals surface area contributed by atoms with Crippen LogP contribution in [0.5, 0.6) is 0 Å². The fourth-order valence-corrected chi connectivity index (χ4v) is 1.74. The molecule has 0 saturated carbocycles. The molecule has 0 aliphatic carbocycles. The molecule has 0 aliphatic rings. The quantitative estimate of drug-likeness (QED) is 0.821. The van der Waals surface area contributed by atoms with E-state index in [1.54, 1.807) is 0 Å². The Kier molecular flexibility index (Phi) is 5.33. The lowest BCUT2D eigenvalue weighted by molar-refractivity contribution is -0.137. The molecule has 118 valence electrons. The molecule has 21 heavy (non-hydrogen) atoms. The van der Waals surface area contributed by atoms with Crippen LogP contribution >= 0.6 is 0 Å². The van der Waals surface area contributed by atoms with Crippen LogP contribution in [-0.4, -0.2) is 18.0 Å². The summed E-state index contributed by atoms with van der Waals surface area (Å²) in [5, 5.41) is 2.45. The molecule has 0 atom stereocenters. The number of benzene rings is 1. The zero-order chi connectivity index (χ0) is 16.3. The van der Waals surface area contributed by atoms with Gasteiger partial charge in [-0.15, -0.1) is 0 Å². The number of nitrogens with one attached hydrogen (secondary N) is 1. The van der Waals surface area contributed by atoms with Crippen LogP contribution in [0.1, 0.15) is 42.6 Å². The van der Waals surface area contributed by atoms with Gasteiger partial charge in [0.05, 0.1) is 5.56 Å². The molecular weight excluding hydrogens is 288 g/mol. The smallest absolute Gasteiger partial charge is 0.350 e. The highest BCUT2D eigenvalue weighted by Crippen LogP contribution is 2.30. The summed E-state index contributed by atoms with van der Waals surface area (Å²) in [4.78, 5) is 11.9. The van der Waals surface area contributed by atoms with E-state index in [9.17, 15) is 22.4 Å². The Hall–Kier alpha value is -1.63. The number of carbonyl (C=O) groups excluding carboxylic acids is 1. The normalized spacial score (nSPS) is 12.3. The summed E-state index contributed by atoms with van der Waals surface area (Å²) in [6, 6.07) is 1.73. The molecule has 0 bridgehead atoms. The topological polar surface area (TPSA) is 55.1 Å². The van der Waals surface area contributed by atoms with Crippen LogP contribution < -0.4 is 11.1 Å². The van der Waals surface area contributed by atoms with Crippen molar-refractivity contribution in [1.82, 2.24) is 5.32 Å². The second kappa shape index (κ2) is 6.43. The predicted octanol–water partition coefficient (Wildman–Crippen LogP) is 3.09. The van der Waals surface area contributed by atoms with Crippen molar-refractivity contribution in [3.05, 3.63) is 35.1 Å². The Morgan fingerprint density at radius 1 is 1.19 bits per heavy atom. The number of nitrogens with two attached hydrogens (primary N) is 1. The highest BCUT2D eigenvalue weighted by molar-refractivity contribution is 5.94. The zero-order valence-electron chi connectivity index (χ0n) is 11.9. The lowest BCUT2D eigenvalue weighted by Gasteiger charge is -2.26. The zero-order valence-corrected chi connectivity index (χ0v) is 11.9. The van der Waals surface area contributed by atoms with Gasteiger partial charge >= 0.3 is 6.18 Å². The van der Waals surface area contributed by atoms with Crippen LogP contribution in [0.3, 0.4) is 0 Å². The molecule has 0 fully saturated rings. The highest BCUT2D eigenvalue weighted by Gasteiger charge is 2.32. The van der Waals surface area contributed by atoms with Gasteiger partial charge in [0.2, 0.25) is 0 Å². The van der Waals surface area contributed by atoms with Crippen LogP contribution in [0.2, 0.25) is 0 Å². The third-order valence-corrected chi connectivity index (χ3v) is 3.50. The van der Waals surface area contributed by atoms with Gasteiger partial charge in [0, 0.05) is 17.6 Å². The molecule has 1 aromatic rings. The number of rotatable bonds is 5. The second-order valence-corrected chi connectivity index (χ2v) is 4.98. The molecule has 3 nitrogen and oxygen atoms in total. The van der Waals surface area contributed by atoms with E-state index in [2.05, 4.69) is 5.32 Å². The van der Waals surface area contributed by atoms with Crippen molar-refractivity contribution in [2.75, 3.05) is 6.54 Å². The van der Waals surface area contributed by atoms with E-state index in [4.69, 9.17) is 5.73 Å². The minimum absolute atomic E-state index is 0.108. The average molecular weight is 306 g/mol. The highest BCUT2D eigenvalue weighted by atomic mass is 19.4. The number of amides is 1. The molecule has 0 unspecified atom stereocenters. The monoisotopic (exact) mass is 306 g/mol. The Bertz CT molecular complexity index is 510. The summed E-state index contributed by atoms with van der Waals surface area (Å²) >= 11 is 0. The molecule has 1 amide bonds. The van der Waals surface area contributed by atoms with Crippen molar-refractivity contribution in [3.63, 3.8) is 0 Å². The summed E-state index contributed by atoms with van der Waals surface area (Å²) in [5.74, 6) is -1.89. The second-order valence-electron chi connectivity index (χ2n) is 4.98. The molecule has 0 saturated heterocycles. The molecule has 0 aliphatic heterocycles. The van der Waals surface area contributed by atoms with Crippen molar-refractivity contribution < 1.29 is 22.4 Å². The fourth-order valence-electron chi connectivity index (χ4n) is 1.74. The molecule has 0 spiro atoms. The predicted molar refractivity (Wildman–Crippen MR) is 71.2 cm³/mol. The van der Waals surface area contributed by atoms with E-state index in [-0.39, 0.29) is 12.1 Å². The van der Waals surface area contributed by atoms with Crippen molar-refractivity contribution in [3.8, 4) is 0 Å². The molecule has 1 rings (SSSR count). The van der Waals surface area contributed by atoms with Crippen molar-refractivity contribution in [1.29, 1.82) is 0 Å². The van der Waals surface area contributed by atoms with Gasteiger partial charge in [-0.25, -0.2) is 4.39 Å². The number of alkyl halides is 3.